The van der Waals surface area contributed by atoms with Gasteiger partial charge in [0.1, 0.15) is 5.82 Å². The van der Waals surface area contributed by atoms with Gasteiger partial charge < -0.3 is 10.6 Å². The lowest BCUT2D eigenvalue weighted by Crippen LogP contribution is -2.41. The molecule has 0 heterocycles. The van der Waals surface area contributed by atoms with Gasteiger partial charge in [0.2, 0.25) is 10.0 Å². The quantitative estimate of drug-likeness (QED) is 0.299. The van der Waals surface area contributed by atoms with Gasteiger partial charge in [-0.15, -0.1) is 24.0 Å². The first-order valence-electron chi connectivity index (χ1n) is 8.15. The van der Waals surface area contributed by atoms with Crippen molar-refractivity contribution in [3.63, 3.8) is 0 Å². The van der Waals surface area contributed by atoms with Crippen molar-refractivity contribution in [2.24, 2.45) is 10.9 Å². The molecule has 0 aromatic heterocycles. The first-order valence-corrected chi connectivity index (χ1v) is 9.80. The number of nitrogens with zero attached hydrogens (tertiary/aromatic N) is 1. The Kier molecular flexibility index (Phi) is 9.65. The van der Waals surface area contributed by atoms with Crippen molar-refractivity contribution in [2.45, 2.75) is 25.8 Å². The third kappa shape index (κ3) is 8.32. The zero-order chi connectivity index (χ0) is 17.4. The molecule has 0 unspecified atom stereocenters. The van der Waals surface area contributed by atoms with Crippen LogP contribution in [0.15, 0.2) is 29.3 Å². The molecule has 1 aromatic carbocycles. The van der Waals surface area contributed by atoms with Crippen molar-refractivity contribution in [1.29, 1.82) is 0 Å². The van der Waals surface area contributed by atoms with Crippen molar-refractivity contribution in [3.05, 3.63) is 35.6 Å². The Morgan fingerprint density at radius 3 is 2.68 bits per heavy atom. The molecule has 1 aromatic rings. The standard InChI is InChI=1S/C16H25FN4O2S.HI/c1-18-16(20-11-14-6-3-7-15(17)10-14)19-8-9-24(22,23)21-12-13-4-2-5-13;/h3,6-7,10,13,21H,2,4-5,8-9,11-12H2,1H3,(H2,18,19,20);1H. The largest absolute Gasteiger partial charge is 0.355 e. The molecular weight excluding hydrogens is 458 g/mol. The van der Waals surface area contributed by atoms with E-state index in [1.807, 2.05) is 0 Å². The number of halogens is 2. The molecule has 142 valence electrons. The number of sulfonamides is 1. The lowest BCUT2D eigenvalue weighted by molar-refractivity contribution is 0.316. The van der Waals surface area contributed by atoms with Crippen LogP contribution >= 0.6 is 24.0 Å². The van der Waals surface area contributed by atoms with Gasteiger partial charge in [-0.3, -0.25) is 4.99 Å². The molecule has 0 saturated heterocycles. The van der Waals surface area contributed by atoms with E-state index in [4.69, 9.17) is 0 Å². The number of hydrogen-bond donors (Lipinski definition) is 3. The lowest BCUT2D eigenvalue weighted by atomic mass is 9.86. The van der Waals surface area contributed by atoms with Crippen LogP contribution < -0.4 is 15.4 Å². The Balaban J connectivity index is 0.00000312. The number of guanidine groups is 1. The first-order chi connectivity index (χ1) is 11.5. The van der Waals surface area contributed by atoms with E-state index < -0.39 is 10.0 Å². The molecule has 0 bridgehead atoms. The molecule has 0 radical (unpaired) electrons. The number of benzene rings is 1. The van der Waals surface area contributed by atoms with Gasteiger partial charge in [-0.2, -0.15) is 0 Å². The summed E-state index contributed by atoms with van der Waals surface area (Å²) in [6.45, 7) is 1.20. The smallest absolute Gasteiger partial charge is 0.213 e. The van der Waals surface area contributed by atoms with Crippen LogP contribution in [0.25, 0.3) is 0 Å². The van der Waals surface area contributed by atoms with Crippen molar-refractivity contribution in [2.75, 3.05) is 25.9 Å². The van der Waals surface area contributed by atoms with Crippen LogP contribution in [0.2, 0.25) is 0 Å². The summed E-state index contributed by atoms with van der Waals surface area (Å²) in [5.74, 6) is 0.670. The third-order valence-electron chi connectivity index (χ3n) is 4.05. The Morgan fingerprint density at radius 2 is 2.08 bits per heavy atom. The molecule has 3 N–H and O–H groups in total. The van der Waals surface area contributed by atoms with Gasteiger partial charge in [0.15, 0.2) is 5.96 Å². The van der Waals surface area contributed by atoms with E-state index in [-0.39, 0.29) is 42.1 Å². The maximum absolute atomic E-state index is 13.1. The van der Waals surface area contributed by atoms with Crippen LogP contribution in [0.4, 0.5) is 4.39 Å². The minimum absolute atomic E-state index is 0. The molecule has 1 saturated carbocycles. The van der Waals surface area contributed by atoms with Crippen LogP contribution in [0.1, 0.15) is 24.8 Å². The topological polar surface area (TPSA) is 82.6 Å². The van der Waals surface area contributed by atoms with Crippen LogP contribution in [0.5, 0.6) is 0 Å². The van der Waals surface area contributed by atoms with Gasteiger partial charge in [0.05, 0.1) is 5.75 Å². The molecule has 1 aliphatic carbocycles. The monoisotopic (exact) mass is 484 g/mol. The van der Waals surface area contributed by atoms with E-state index in [1.165, 1.54) is 18.6 Å². The van der Waals surface area contributed by atoms with E-state index in [0.29, 0.717) is 25.0 Å². The van der Waals surface area contributed by atoms with Crippen molar-refractivity contribution in [1.82, 2.24) is 15.4 Å². The van der Waals surface area contributed by atoms with Crippen LogP contribution in [0.3, 0.4) is 0 Å². The molecule has 1 fully saturated rings. The van der Waals surface area contributed by atoms with Crippen LogP contribution in [-0.4, -0.2) is 40.3 Å². The summed E-state index contributed by atoms with van der Waals surface area (Å²) >= 11 is 0. The predicted octanol–water partition coefficient (Wildman–Crippen LogP) is 1.83. The molecule has 0 amide bonds. The molecule has 0 aliphatic heterocycles. The fraction of sp³-hybridized carbons (Fsp3) is 0.562. The molecule has 0 atom stereocenters. The molecule has 25 heavy (non-hydrogen) atoms. The summed E-state index contributed by atoms with van der Waals surface area (Å²) in [5.41, 5.74) is 0.785. The fourth-order valence-electron chi connectivity index (χ4n) is 2.37. The highest BCUT2D eigenvalue weighted by atomic mass is 127. The van der Waals surface area contributed by atoms with Crippen LogP contribution in [0, 0.1) is 11.7 Å². The minimum Gasteiger partial charge on any atom is -0.355 e. The molecule has 2 rings (SSSR count). The van der Waals surface area contributed by atoms with E-state index in [9.17, 15) is 12.8 Å². The van der Waals surface area contributed by atoms with Gasteiger partial charge in [-0.25, -0.2) is 17.5 Å². The van der Waals surface area contributed by atoms with E-state index in [2.05, 4.69) is 20.3 Å². The number of aliphatic imine (C=N–C) groups is 1. The fourth-order valence-corrected chi connectivity index (χ4v) is 3.38. The predicted molar refractivity (Wildman–Crippen MR) is 109 cm³/mol. The number of nitrogens with one attached hydrogen (secondary N) is 3. The Labute approximate surface area is 166 Å². The van der Waals surface area contributed by atoms with Gasteiger partial charge in [-0.1, -0.05) is 18.6 Å². The summed E-state index contributed by atoms with van der Waals surface area (Å²) in [7, 11) is -1.67. The Bertz CT molecular complexity index is 666. The molecule has 0 spiro atoms. The zero-order valence-corrected chi connectivity index (χ0v) is 17.4. The Morgan fingerprint density at radius 1 is 1.32 bits per heavy atom. The van der Waals surface area contributed by atoms with E-state index in [0.717, 1.165) is 18.4 Å². The molecule has 9 heteroatoms. The first kappa shape index (κ1) is 22.1. The van der Waals surface area contributed by atoms with Gasteiger partial charge >= 0.3 is 0 Å². The van der Waals surface area contributed by atoms with Gasteiger partial charge in [-0.05, 0) is 36.5 Å². The second-order valence-corrected chi connectivity index (χ2v) is 7.87. The number of hydrogen-bond acceptors (Lipinski definition) is 3. The second kappa shape index (κ2) is 10.9. The highest BCUT2D eigenvalue weighted by Gasteiger charge is 2.19. The van der Waals surface area contributed by atoms with Crippen molar-refractivity contribution < 1.29 is 12.8 Å². The van der Waals surface area contributed by atoms with Gasteiger partial charge in [0.25, 0.3) is 0 Å². The molecular formula is C16H26FIN4O2S. The minimum atomic E-state index is -3.27. The average molecular weight is 484 g/mol. The van der Waals surface area contributed by atoms with E-state index >= 15 is 0 Å². The third-order valence-corrected chi connectivity index (χ3v) is 5.40. The van der Waals surface area contributed by atoms with Crippen molar-refractivity contribution >= 4 is 40.0 Å². The average Bonchev–Trinajstić information content (AvgIpc) is 2.49. The summed E-state index contributed by atoms with van der Waals surface area (Å²) in [6, 6.07) is 6.27. The highest BCUT2D eigenvalue weighted by Crippen LogP contribution is 2.25. The van der Waals surface area contributed by atoms with E-state index in [1.54, 1.807) is 19.2 Å². The summed E-state index contributed by atoms with van der Waals surface area (Å²) < 4.78 is 39.6. The maximum atomic E-state index is 13.1. The zero-order valence-electron chi connectivity index (χ0n) is 14.3. The van der Waals surface area contributed by atoms with Crippen LogP contribution in [-0.2, 0) is 16.6 Å². The number of rotatable bonds is 8. The normalized spacial score (nSPS) is 15.2. The SMILES string of the molecule is CN=C(NCCS(=O)(=O)NCC1CCC1)NCc1cccc(F)c1.I. The lowest BCUT2D eigenvalue weighted by Gasteiger charge is -2.25. The molecule has 6 nitrogen and oxygen atoms in total. The summed E-state index contributed by atoms with van der Waals surface area (Å²) in [5, 5.41) is 5.98. The molecule has 1 aliphatic rings. The van der Waals surface area contributed by atoms with Crippen molar-refractivity contribution in [3.8, 4) is 0 Å². The highest BCUT2D eigenvalue weighted by molar-refractivity contribution is 14.0. The summed E-state index contributed by atoms with van der Waals surface area (Å²) in [6.07, 6.45) is 3.41. The Hall–Kier alpha value is -0.940. The van der Waals surface area contributed by atoms with Gasteiger partial charge in [0, 0.05) is 26.7 Å². The summed E-state index contributed by atoms with van der Waals surface area (Å²) in [4.78, 5) is 4.03. The maximum Gasteiger partial charge on any atom is 0.213 e. The second-order valence-electron chi connectivity index (χ2n) is 5.95.